The lowest BCUT2D eigenvalue weighted by molar-refractivity contribution is -0.137. The van der Waals surface area contributed by atoms with Crippen LogP contribution in [-0.4, -0.2) is 46.7 Å². The van der Waals surface area contributed by atoms with Gasteiger partial charge in [0.05, 0.1) is 12.3 Å². The molecule has 3 rings (SSSR count). The summed E-state index contributed by atoms with van der Waals surface area (Å²) in [7, 11) is 0. The molecule has 1 unspecified atom stereocenters. The Morgan fingerprint density at radius 2 is 2.10 bits per heavy atom. The second-order valence-electron chi connectivity index (χ2n) is 7.28. The molecule has 1 atom stereocenters. The molecule has 156 valence electrons. The van der Waals surface area contributed by atoms with Gasteiger partial charge in [-0.15, -0.1) is 0 Å². The number of benzene rings is 1. The molecule has 2 aromatic rings. The summed E-state index contributed by atoms with van der Waals surface area (Å²) >= 11 is 3.41. The summed E-state index contributed by atoms with van der Waals surface area (Å²) in [4.78, 5) is 29.3. The molecule has 1 aliphatic heterocycles. The number of hydrogen-bond donors (Lipinski definition) is 1. The van der Waals surface area contributed by atoms with Crippen LogP contribution in [0, 0.1) is 12.8 Å². The van der Waals surface area contributed by atoms with Gasteiger partial charge in [-0.05, 0) is 56.4 Å². The van der Waals surface area contributed by atoms with E-state index in [0.717, 1.165) is 28.6 Å². The molecule has 8 heteroatoms. The van der Waals surface area contributed by atoms with Crippen molar-refractivity contribution in [3.05, 3.63) is 40.2 Å². The molecule has 1 amide bonds. The van der Waals surface area contributed by atoms with E-state index in [-0.39, 0.29) is 25.0 Å². The van der Waals surface area contributed by atoms with Crippen molar-refractivity contribution in [1.29, 1.82) is 0 Å². The minimum Gasteiger partial charge on any atom is -0.481 e. The van der Waals surface area contributed by atoms with Crippen molar-refractivity contribution in [3.8, 4) is 11.5 Å². The number of hydrogen-bond acceptors (Lipinski definition) is 5. The maximum absolute atomic E-state index is 12.4. The molecule has 7 nitrogen and oxygen atoms in total. The highest BCUT2D eigenvalue weighted by Gasteiger charge is 2.25. The fourth-order valence-corrected chi connectivity index (χ4v) is 3.76. The van der Waals surface area contributed by atoms with Crippen molar-refractivity contribution in [2.75, 3.05) is 19.7 Å². The first kappa shape index (κ1) is 21.4. The molecular weight excluding hydrogens is 440 g/mol. The SMILES string of the molecule is Cc1oc(-c2ccc(Br)cc2)nc1CCOC(=O)N1CCCC(CCC(=O)O)C1. The van der Waals surface area contributed by atoms with Crippen LogP contribution in [0.25, 0.3) is 11.5 Å². The lowest BCUT2D eigenvalue weighted by atomic mass is 9.94. The van der Waals surface area contributed by atoms with Gasteiger partial charge in [-0.25, -0.2) is 9.78 Å². The van der Waals surface area contributed by atoms with E-state index < -0.39 is 5.97 Å². The van der Waals surface area contributed by atoms with E-state index >= 15 is 0 Å². The molecule has 1 aromatic carbocycles. The Bertz CT molecular complexity index is 849. The molecule has 0 saturated carbocycles. The van der Waals surface area contributed by atoms with Gasteiger partial charge in [0.25, 0.3) is 0 Å². The van der Waals surface area contributed by atoms with Crippen LogP contribution in [0.5, 0.6) is 0 Å². The number of aliphatic carboxylic acids is 1. The lowest BCUT2D eigenvalue weighted by Gasteiger charge is -2.31. The fraction of sp³-hybridized carbons (Fsp3) is 0.476. The topological polar surface area (TPSA) is 92.9 Å². The average molecular weight is 465 g/mol. The highest BCUT2D eigenvalue weighted by atomic mass is 79.9. The monoisotopic (exact) mass is 464 g/mol. The fourth-order valence-electron chi connectivity index (χ4n) is 3.50. The second kappa shape index (κ2) is 9.91. The van der Waals surface area contributed by atoms with Crippen molar-refractivity contribution < 1.29 is 23.8 Å². The molecule has 1 N–H and O–H groups in total. The quantitative estimate of drug-likeness (QED) is 0.639. The summed E-state index contributed by atoms with van der Waals surface area (Å²) in [6, 6.07) is 7.71. The number of carboxylic acid groups (broad SMARTS) is 1. The van der Waals surface area contributed by atoms with Crippen LogP contribution >= 0.6 is 15.9 Å². The molecule has 0 bridgehead atoms. The third kappa shape index (κ3) is 6.06. The third-order valence-corrected chi connectivity index (χ3v) is 5.62. The van der Waals surface area contributed by atoms with Gasteiger partial charge in [-0.3, -0.25) is 4.79 Å². The summed E-state index contributed by atoms with van der Waals surface area (Å²) in [5, 5.41) is 8.83. The molecule has 2 heterocycles. The van der Waals surface area contributed by atoms with Gasteiger partial charge >= 0.3 is 12.1 Å². The number of piperidine rings is 1. The number of amides is 1. The maximum atomic E-state index is 12.4. The second-order valence-corrected chi connectivity index (χ2v) is 8.20. The van der Waals surface area contributed by atoms with Crippen molar-refractivity contribution in [2.45, 2.75) is 39.0 Å². The Morgan fingerprint density at radius 3 is 2.83 bits per heavy atom. The third-order valence-electron chi connectivity index (χ3n) is 5.09. The van der Waals surface area contributed by atoms with Gasteiger partial charge in [0.1, 0.15) is 5.76 Å². The number of halogens is 1. The van der Waals surface area contributed by atoms with Crippen LogP contribution in [0.15, 0.2) is 33.2 Å². The Labute approximate surface area is 178 Å². The molecule has 29 heavy (non-hydrogen) atoms. The largest absolute Gasteiger partial charge is 0.481 e. The van der Waals surface area contributed by atoms with E-state index in [4.69, 9.17) is 14.3 Å². The zero-order chi connectivity index (χ0) is 20.8. The van der Waals surface area contributed by atoms with E-state index in [2.05, 4.69) is 20.9 Å². The summed E-state index contributed by atoms with van der Waals surface area (Å²) in [6.07, 6.45) is 2.69. The standard InChI is InChI=1S/C21H25BrN2O5/c1-14-18(23-20(29-14)16-5-7-17(22)8-6-16)10-12-28-21(27)24-11-2-3-15(13-24)4-9-19(25)26/h5-8,15H,2-4,9-13H2,1H3,(H,25,26). The van der Waals surface area contributed by atoms with Gasteiger partial charge in [0.2, 0.25) is 5.89 Å². The predicted octanol–water partition coefficient (Wildman–Crippen LogP) is 4.67. The van der Waals surface area contributed by atoms with E-state index in [1.165, 1.54) is 0 Å². The summed E-state index contributed by atoms with van der Waals surface area (Å²) < 4.78 is 12.2. The number of carboxylic acids is 1. The Kier molecular flexibility index (Phi) is 7.30. The van der Waals surface area contributed by atoms with E-state index in [1.807, 2.05) is 31.2 Å². The van der Waals surface area contributed by atoms with Crippen LogP contribution < -0.4 is 0 Å². The average Bonchev–Trinajstić information content (AvgIpc) is 3.07. The molecule has 0 aliphatic carbocycles. The van der Waals surface area contributed by atoms with Gasteiger partial charge in [0.15, 0.2) is 0 Å². The highest BCUT2D eigenvalue weighted by Crippen LogP contribution is 2.24. The Hall–Kier alpha value is -2.35. The number of nitrogens with zero attached hydrogens (tertiary/aromatic N) is 2. The van der Waals surface area contributed by atoms with Gasteiger partial charge in [-0.1, -0.05) is 15.9 Å². The van der Waals surface area contributed by atoms with Gasteiger partial charge < -0.3 is 19.2 Å². The van der Waals surface area contributed by atoms with Crippen LogP contribution in [-0.2, 0) is 16.0 Å². The number of rotatable bonds is 7. The first-order valence-electron chi connectivity index (χ1n) is 9.78. The van der Waals surface area contributed by atoms with Crippen molar-refractivity contribution in [2.24, 2.45) is 5.92 Å². The van der Waals surface area contributed by atoms with Crippen molar-refractivity contribution in [1.82, 2.24) is 9.88 Å². The first-order valence-corrected chi connectivity index (χ1v) is 10.6. The Morgan fingerprint density at radius 1 is 1.34 bits per heavy atom. The molecule has 0 radical (unpaired) electrons. The molecule has 1 aliphatic rings. The minimum absolute atomic E-state index is 0.139. The van der Waals surface area contributed by atoms with Crippen LogP contribution in [0.3, 0.4) is 0 Å². The smallest absolute Gasteiger partial charge is 0.409 e. The molecule has 0 spiro atoms. The molecule has 1 aromatic heterocycles. The predicted molar refractivity (Wildman–Crippen MR) is 111 cm³/mol. The summed E-state index contributed by atoms with van der Waals surface area (Å²) in [5.41, 5.74) is 1.66. The van der Waals surface area contributed by atoms with Crippen molar-refractivity contribution >= 4 is 28.0 Å². The number of oxazole rings is 1. The zero-order valence-electron chi connectivity index (χ0n) is 16.4. The number of aryl methyl sites for hydroxylation is 1. The number of carbonyl (C=O) groups is 2. The van der Waals surface area contributed by atoms with E-state index in [1.54, 1.807) is 4.90 Å². The van der Waals surface area contributed by atoms with E-state index in [9.17, 15) is 9.59 Å². The van der Waals surface area contributed by atoms with Gasteiger partial charge in [0, 0.05) is 36.0 Å². The number of likely N-dealkylation sites (tertiary alicyclic amines) is 1. The van der Waals surface area contributed by atoms with Crippen LogP contribution in [0.1, 0.15) is 37.1 Å². The molecule has 1 fully saturated rings. The molecular formula is C21H25BrN2O5. The number of aromatic nitrogens is 1. The summed E-state index contributed by atoms with van der Waals surface area (Å²) in [6.45, 7) is 3.29. The minimum atomic E-state index is -0.796. The van der Waals surface area contributed by atoms with Gasteiger partial charge in [-0.2, -0.15) is 0 Å². The maximum Gasteiger partial charge on any atom is 0.409 e. The number of ether oxygens (including phenoxy) is 1. The normalized spacial score (nSPS) is 16.6. The van der Waals surface area contributed by atoms with Crippen LogP contribution in [0.2, 0.25) is 0 Å². The lowest BCUT2D eigenvalue weighted by Crippen LogP contribution is -2.40. The van der Waals surface area contributed by atoms with Crippen LogP contribution in [0.4, 0.5) is 4.79 Å². The van der Waals surface area contributed by atoms with E-state index in [0.29, 0.717) is 37.6 Å². The van der Waals surface area contributed by atoms with Crippen molar-refractivity contribution in [3.63, 3.8) is 0 Å². The number of carbonyl (C=O) groups excluding carboxylic acids is 1. The Balaban J connectivity index is 1.49. The zero-order valence-corrected chi connectivity index (χ0v) is 18.0. The summed E-state index contributed by atoms with van der Waals surface area (Å²) in [5.74, 6) is 0.688. The molecule has 1 saturated heterocycles. The highest BCUT2D eigenvalue weighted by molar-refractivity contribution is 9.10. The first-order chi connectivity index (χ1) is 13.9.